The predicted molar refractivity (Wildman–Crippen MR) is 93.4 cm³/mol. The molecule has 1 N–H and O–H groups in total. The molecular weight excluding hydrogens is 312 g/mol. The lowest BCUT2D eigenvalue weighted by atomic mass is 10.0. The highest BCUT2D eigenvalue weighted by Gasteiger charge is 2.06. The summed E-state index contributed by atoms with van der Waals surface area (Å²) in [6.45, 7) is 4.02. The minimum atomic E-state index is -0.172. The first-order chi connectivity index (χ1) is 11.0. The van der Waals surface area contributed by atoms with Crippen molar-refractivity contribution in [1.29, 1.82) is 0 Å². The number of hydrazone groups is 1. The van der Waals surface area contributed by atoms with Gasteiger partial charge in [0.2, 0.25) is 5.91 Å². The molecule has 0 spiro atoms. The van der Waals surface area contributed by atoms with E-state index in [-0.39, 0.29) is 12.3 Å². The lowest BCUT2D eigenvalue weighted by Gasteiger charge is -2.06. The maximum Gasteiger partial charge on any atom is 0.244 e. The van der Waals surface area contributed by atoms with Gasteiger partial charge in [0.1, 0.15) is 5.75 Å². The van der Waals surface area contributed by atoms with Gasteiger partial charge in [-0.2, -0.15) is 5.10 Å². The van der Waals surface area contributed by atoms with Crippen LogP contribution in [0.15, 0.2) is 41.5 Å². The van der Waals surface area contributed by atoms with Gasteiger partial charge in [0.05, 0.1) is 19.7 Å². The summed E-state index contributed by atoms with van der Waals surface area (Å²) in [4.78, 5) is 12.0. The molecule has 120 valence electrons. The smallest absolute Gasteiger partial charge is 0.244 e. The Morgan fingerprint density at radius 3 is 2.74 bits per heavy atom. The quantitative estimate of drug-likeness (QED) is 0.672. The van der Waals surface area contributed by atoms with Crippen LogP contribution in [0.3, 0.4) is 0 Å². The van der Waals surface area contributed by atoms with Crippen molar-refractivity contribution < 1.29 is 9.53 Å². The number of ether oxygens (including phenoxy) is 1. The Hall–Kier alpha value is -2.33. The molecule has 0 aliphatic rings. The SMILES string of the molecule is COc1ccc(Cl)cc1/C=N/NC(=O)Cc1ccc(C)cc1C. The zero-order valence-electron chi connectivity index (χ0n) is 13.4. The van der Waals surface area contributed by atoms with Crippen molar-refractivity contribution in [2.75, 3.05) is 7.11 Å². The standard InChI is InChI=1S/C18H19ClN2O2/c1-12-4-5-14(13(2)8-12)10-18(22)21-20-11-15-9-16(19)6-7-17(15)23-3/h4-9,11H,10H2,1-3H3,(H,21,22)/b20-11+. The number of carbonyl (C=O) groups excluding carboxylic acids is 1. The van der Waals surface area contributed by atoms with E-state index in [9.17, 15) is 4.79 Å². The highest BCUT2D eigenvalue weighted by molar-refractivity contribution is 6.30. The number of nitrogens with one attached hydrogen (secondary N) is 1. The Morgan fingerprint density at radius 2 is 2.04 bits per heavy atom. The first-order valence-electron chi connectivity index (χ1n) is 7.21. The number of benzene rings is 2. The van der Waals surface area contributed by atoms with Gasteiger partial charge in [-0.25, -0.2) is 5.43 Å². The number of halogens is 1. The molecule has 23 heavy (non-hydrogen) atoms. The van der Waals surface area contributed by atoms with Gasteiger partial charge in [0, 0.05) is 10.6 Å². The van der Waals surface area contributed by atoms with E-state index in [0.29, 0.717) is 16.3 Å². The van der Waals surface area contributed by atoms with E-state index in [4.69, 9.17) is 16.3 Å². The molecule has 2 aromatic rings. The fraction of sp³-hybridized carbons (Fsp3) is 0.222. The van der Waals surface area contributed by atoms with Gasteiger partial charge in [-0.1, -0.05) is 35.4 Å². The van der Waals surface area contributed by atoms with Gasteiger partial charge in [0.25, 0.3) is 0 Å². The van der Waals surface area contributed by atoms with Crippen molar-refractivity contribution in [3.05, 3.63) is 63.7 Å². The Morgan fingerprint density at radius 1 is 1.26 bits per heavy atom. The Labute approximate surface area is 141 Å². The highest BCUT2D eigenvalue weighted by Crippen LogP contribution is 2.20. The van der Waals surface area contributed by atoms with Crippen LogP contribution >= 0.6 is 11.6 Å². The monoisotopic (exact) mass is 330 g/mol. The molecule has 0 saturated heterocycles. The van der Waals surface area contributed by atoms with Crippen molar-refractivity contribution in [2.45, 2.75) is 20.3 Å². The van der Waals surface area contributed by atoms with E-state index in [2.05, 4.69) is 16.6 Å². The second-order valence-corrected chi connectivity index (χ2v) is 5.72. The lowest BCUT2D eigenvalue weighted by Crippen LogP contribution is -2.20. The summed E-state index contributed by atoms with van der Waals surface area (Å²) in [6.07, 6.45) is 1.81. The molecule has 2 rings (SSSR count). The van der Waals surface area contributed by atoms with Crippen molar-refractivity contribution in [3.63, 3.8) is 0 Å². The summed E-state index contributed by atoms with van der Waals surface area (Å²) >= 11 is 5.95. The average molecular weight is 331 g/mol. The Balaban J connectivity index is 2.00. The number of nitrogens with zero attached hydrogens (tertiary/aromatic N) is 1. The Bertz CT molecular complexity index is 742. The van der Waals surface area contributed by atoms with Crippen LogP contribution < -0.4 is 10.2 Å². The van der Waals surface area contributed by atoms with Crippen LogP contribution in [0.25, 0.3) is 0 Å². The van der Waals surface area contributed by atoms with E-state index in [1.54, 1.807) is 25.3 Å². The van der Waals surface area contributed by atoms with Crippen LogP contribution in [-0.4, -0.2) is 19.2 Å². The van der Waals surface area contributed by atoms with E-state index >= 15 is 0 Å². The fourth-order valence-corrected chi connectivity index (χ4v) is 2.42. The average Bonchev–Trinajstić information content (AvgIpc) is 2.50. The molecule has 0 bridgehead atoms. The van der Waals surface area contributed by atoms with E-state index < -0.39 is 0 Å². The highest BCUT2D eigenvalue weighted by atomic mass is 35.5. The van der Waals surface area contributed by atoms with E-state index in [1.165, 1.54) is 11.8 Å². The van der Waals surface area contributed by atoms with Gasteiger partial charge in [-0.3, -0.25) is 4.79 Å². The second kappa shape index (κ2) is 7.79. The summed E-state index contributed by atoms with van der Waals surface area (Å²) in [5, 5.41) is 4.55. The number of carbonyl (C=O) groups is 1. The van der Waals surface area contributed by atoms with Crippen LogP contribution in [0.2, 0.25) is 5.02 Å². The molecule has 0 unspecified atom stereocenters. The molecule has 0 radical (unpaired) electrons. The molecule has 0 saturated carbocycles. The molecule has 4 nitrogen and oxygen atoms in total. The normalized spacial score (nSPS) is 10.8. The minimum absolute atomic E-state index is 0.172. The topological polar surface area (TPSA) is 50.7 Å². The van der Waals surface area contributed by atoms with E-state index in [1.807, 2.05) is 26.0 Å². The first kappa shape index (κ1) is 17.0. The third-order valence-corrected chi connectivity index (χ3v) is 3.67. The fourth-order valence-electron chi connectivity index (χ4n) is 2.24. The maximum absolute atomic E-state index is 12.0. The van der Waals surface area contributed by atoms with E-state index in [0.717, 1.165) is 11.1 Å². The summed E-state index contributed by atoms with van der Waals surface area (Å²) in [5.41, 5.74) is 6.49. The van der Waals surface area contributed by atoms with Crippen molar-refractivity contribution in [2.24, 2.45) is 5.10 Å². The van der Waals surface area contributed by atoms with Gasteiger partial charge >= 0.3 is 0 Å². The molecule has 0 aromatic heterocycles. The molecule has 0 aliphatic heterocycles. The molecule has 0 aliphatic carbocycles. The number of rotatable bonds is 5. The van der Waals surface area contributed by atoms with Crippen molar-refractivity contribution >= 4 is 23.7 Å². The molecule has 2 aromatic carbocycles. The zero-order valence-corrected chi connectivity index (χ0v) is 14.1. The summed E-state index contributed by atoms with van der Waals surface area (Å²) in [7, 11) is 1.57. The molecule has 1 amide bonds. The van der Waals surface area contributed by atoms with Crippen LogP contribution in [0.5, 0.6) is 5.75 Å². The molecule has 5 heteroatoms. The third-order valence-electron chi connectivity index (χ3n) is 3.43. The van der Waals surface area contributed by atoms with Crippen molar-refractivity contribution in [3.8, 4) is 5.75 Å². The third kappa shape index (κ3) is 4.83. The Kier molecular flexibility index (Phi) is 5.77. The second-order valence-electron chi connectivity index (χ2n) is 5.29. The van der Waals surface area contributed by atoms with Gasteiger partial charge < -0.3 is 4.74 Å². The number of methoxy groups -OCH3 is 1. The molecule has 0 heterocycles. The minimum Gasteiger partial charge on any atom is -0.496 e. The first-order valence-corrected chi connectivity index (χ1v) is 7.59. The van der Waals surface area contributed by atoms with Crippen LogP contribution in [0.4, 0.5) is 0 Å². The van der Waals surface area contributed by atoms with Crippen LogP contribution in [0, 0.1) is 13.8 Å². The number of hydrogen-bond donors (Lipinski definition) is 1. The molecule has 0 fully saturated rings. The largest absolute Gasteiger partial charge is 0.496 e. The van der Waals surface area contributed by atoms with Crippen molar-refractivity contribution in [1.82, 2.24) is 5.43 Å². The van der Waals surface area contributed by atoms with Gasteiger partial charge in [0.15, 0.2) is 0 Å². The predicted octanol–water partition coefficient (Wildman–Crippen LogP) is 3.66. The number of aryl methyl sites for hydroxylation is 2. The van der Waals surface area contributed by atoms with Crippen LogP contribution in [0.1, 0.15) is 22.3 Å². The van der Waals surface area contributed by atoms with Crippen LogP contribution in [-0.2, 0) is 11.2 Å². The lowest BCUT2D eigenvalue weighted by molar-refractivity contribution is -0.120. The van der Waals surface area contributed by atoms with Gasteiger partial charge in [-0.15, -0.1) is 0 Å². The molecular formula is C18H19ClN2O2. The zero-order chi connectivity index (χ0) is 16.8. The summed E-state index contributed by atoms with van der Waals surface area (Å²) < 4.78 is 5.22. The molecule has 0 atom stereocenters. The number of hydrogen-bond acceptors (Lipinski definition) is 3. The summed E-state index contributed by atoms with van der Waals surface area (Å²) in [5.74, 6) is 0.468. The van der Waals surface area contributed by atoms with Gasteiger partial charge in [-0.05, 0) is 43.2 Å². The number of amides is 1. The summed E-state index contributed by atoms with van der Waals surface area (Å²) in [6, 6.07) is 11.2. The maximum atomic E-state index is 12.0.